The van der Waals surface area contributed by atoms with Gasteiger partial charge in [-0.25, -0.2) is 9.67 Å². The first kappa shape index (κ1) is 19.2. The smallest absolute Gasteiger partial charge is 0.259 e. The molecule has 0 aromatic carbocycles. The van der Waals surface area contributed by atoms with E-state index in [9.17, 15) is 9.59 Å². The van der Waals surface area contributed by atoms with E-state index in [1.807, 2.05) is 0 Å². The van der Waals surface area contributed by atoms with E-state index in [2.05, 4.69) is 34.2 Å². The molecule has 0 atom stereocenters. The maximum Gasteiger partial charge on any atom is 0.259 e. The number of aromatic amines is 1. The summed E-state index contributed by atoms with van der Waals surface area (Å²) in [6.45, 7) is 4.97. The summed E-state index contributed by atoms with van der Waals surface area (Å²) in [5.74, 6) is 2.47. The monoisotopic (exact) mass is 417 g/mol. The second-order valence-electron chi connectivity index (χ2n) is 7.38. The lowest BCUT2D eigenvalue weighted by molar-refractivity contribution is -0.113. The Labute approximate surface area is 170 Å². The molecule has 0 fully saturated rings. The van der Waals surface area contributed by atoms with Crippen LogP contribution in [0.5, 0.6) is 0 Å². The molecule has 2 N–H and O–H groups in total. The van der Waals surface area contributed by atoms with Gasteiger partial charge in [0, 0.05) is 17.5 Å². The van der Waals surface area contributed by atoms with Crippen molar-refractivity contribution in [2.45, 2.75) is 45.4 Å². The molecule has 9 heteroatoms. The number of H-pyrrole nitrogens is 1. The summed E-state index contributed by atoms with van der Waals surface area (Å²) in [7, 11) is 0. The molecule has 3 heterocycles. The number of fused-ring (bicyclic) bond motifs is 3. The van der Waals surface area contributed by atoms with Crippen molar-refractivity contribution >= 4 is 45.0 Å². The second-order valence-corrected chi connectivity index (χ2v) is 9.45. The lowest BCUT2D eigenvalue weighted by Crippen LogP contribution is -2.19. The van der Waals surface area contributed by atoms with Crippen molar-refractivity contribution in [2.24, 2.45) is 5.92 Å². The van der Waals surface area contributed by atoms with Crippen LogP contribution in [0.25, 0.3) is 10.2 Å². The summed E-state index contributed by atoms with van der Waals surface area (Å²) in [5.41, 5.74) is 1.13. The molecule has 3 aromatic rings. The van der Waals surface area contributed by atoms with Gasteiger partial charge in [0.1, 0.15) is 16.5 Å². The normalized spacial score (nSPS) is 13.4. The van der Waals surface area contributed by atoms with Crippen LogP contribution in [0.2, 0.25) is 0 Å². The topological polar surface area (TPSA) is 92.7 Å². The molecule has 7 nitrogen and oxygen atoms in total. The van der Waals surface area contributed by atoms with E-state index in [1.165, 1.54) is 22.2 Å². The molecule has 0 spiro atoms. The number of carbonyl (C=O) groups excluding carboxylic acids is 1. The highest BCUT2D eigenvalue weighted by Crippen LogP contribution is 2.34. The van der Waals surface area contributed by atoms with Crippen LogP contribution in [0.1, 0.15) is 36.5 Å². The highest BCUT2D eigenvalue weighted by molar-refractivity contribution is 7.99. The van der Waals surface area contributed by atoms with Crippen molar-refractivity contribution in [1.82, 2.24) is 19.7 Å². The van der Waals surface area contributed by atoms with Crippen LogP contribution >= 0.6 is 23.1 Å². The first-order valence-corrected chi connectivity index (χ1v) is 11.4. The van der Waals surface area contributed by atoms with Crippen molar-refractivity contribution in [1.29, 1.82) is 0 Å². The number of anilines is 1. The van der Waals surface area contributed by atoms with E-state index in [-0.39, 0.29) is 17.2 Å². The lowest BCUT2D eigenvalue weighted by atomic mass is 10.2. The Morgan fingerprint density at radius 2 is 2.29 bits per heavy atom. The number of nitrogens with zero attached hydrogens (tertiary/aromatic N) is 3. The average molecular weight is 418 g/mol. The zero-order valence-corrected chi connectivity index (χ0v) is 17.6. The fourth-order valence-electron chi connectivity index (χ4n) is 3.46. The van der Waals surface area contributed by atoms with Crippen molar-refractivity contribution in [3.05, 3.63) is 38.9 Å². The first-order chi connectivity index (χ1) is 13.5. The number of aromatic nitrogens is 4. The molecule has 4 rings (SSSR count). The molecule has 3 aromatic heterocycles. The number of nitrogens with one attached hydrogen (secondary N) is 2. The van der Waals surface area contributed by atoms with E-state index in [0.29, 0.717) is 23.3 Å². The number of hydrogen-bond acceptors (Lipinski definition) is 6. The number of aryl methyl sites for hydroxylation is 2. The van der Waals surface area contributed by atoms with Crippen molar-refractivity contribution in [2.75, 3.05) is 11.1 Å². The fraction of sp³-hybridized carbons (Fsp3) is 0.474. The first-order valence-electron chi connectivity index (χ1n) is 9.44. The molecule has 1 aliphatic rings. The Hall–Kier alpha value is -2.13. The molecular formula is C19H23N5O2S2. The lowest BCUT2D eigenvalue weighted by Gasteiger charge is -2.10. The van der Waals surface area contributed by atoms with Gasteiger partial charge in [-0.1, -0.05) is 13.8 Å². The number of amides is 1. The van der Waals surface area contributed by atoms with E-state index in [4.69, 9.17) is 0 Å². The summed E-state index contributed by atoms with van der Waals surface area (Å²) < 4.78 is 1.80. The van der Waals surface area contributed by atoms with Crippen LogP contribution in [0.15, 0.2) is 17.1 Å². The molecule has 1 amide bonds. The highest BCUT2D eigenvalue weighted by Gasteiger charge is 2.21. The summed E-state index contributed by atoms with van der Waals surface area (Å²) in [6, 6.07) is 1.80. The van der Waals surface area contributed by atoms with Crippen LogP contribution in [0.4, 0.5) is 5.82 Å². The van der Waals surface area contributed by atoms with E-state index in [1.54, 1.807) is 28.3 Å². The van der Waals surface area contributed by atoms with Crippen LogP contribution in [0, 0.1) is 5.92 Å². The van der Waals surface area contributed by atoms with Crippen molar-refractivity contribution < 1.29 is 4.79 Å². The third-order valence-electron chi connectivity index (χ3n) is 4.62. The number of rotatable bonds is 7. The Morgan fingerprint density at radius 3 is 3.11 bits per heavy atom. The zero-order valence-electron chi connectivity index (χ0n) is 15.9. The minimum atomic E-state index is -0.0889. The third-order valence-corrected chi connectivity index (χ3v) is 6.75. The summed E-state index contributed by atoms with van der Waals surface area (Å²) in [5, 5.41) is 7.91. The van der Waals surface area contributed by atoms with E-state index in [0.717, 1.165) is 36.0 Å². The number of thioether (sulfide) groups is 1. The van der Waals surface area contributed by atoms with Gasteiger partial charge in [-0.2, -0.15) is 5.10 Å². The summed E-state index contributed by atoms with van der Waals surface area (Å²) >= 11 is 3.07. The van der Waals surface area contributed by atoms with Crippen LogP contribution in [-0.4, -0.2) is 31.4 Å². The number of carbonyl (C=O) groups is 1. The molecule has 0 saturated carbocycles. The molecule has 148 valence electrons. The minimum absolute atomic E-state index is 0.0537. The molecule has 0 unspecified atom stereocenters. The van der Waals surface area contributed by atoms with Gasteiger partial charge in [-0.05, 0) is 30.7 Å². The van der Waals surface area contributed by atoms with Crippen molar-refractivity contribution in [3.8, 4) is 0 Å². The van der Waals surface area contributed by atoms with E-state index < -0.39 is 0 Å². The number of thiophene rings is 1. The largest absolute Gasteiger partial charge is 0.310 e. The van der Waals surface area contributed by atoms with Gasteiger partial charge in [0.05, 0.1) is 23.1 Å². The van der Waals surface area contributed by atoms with Gasteiger partial charge in [0.2, 0.25) is 5.91 Å². The van der Waals surface area contributed by atoms with E-state index >= 15 is 0 Å². The summed E-state index contributed by atoms with van der Waals surface area (Å²) in [4.78, 5) is 34.3. The molecule has 0 aliphatic heterocycles. The van der Waals surface area contributed by atoms with Crippen LogP contribution < -0.4 is 10.9 Å². The quantitative estimate of drug-likeness (QED) is 0.616. The molecule has 0 saturated heterocycles. The summed E-state index contributed by atoms with van der Waals surface area (Å²) in [6.07, 6.45) is 4.84. The maximum absolute atomic E-state index is 12.5. The van der Waals surface area contributed by atoms with Gasteiger partial charge in [0.25, 0.3) is 5.56 Å². The Kier molecular flexibility index (Phi) is 5.54. The average Bonchev–Trinajstić information content (AvgIpc) is 3.31. The Morgan fingerprint density at radius 1 is 1.43 bits per heavy atom. The molecule has 1 aliphatic carbocycles. The molecule has 28 heavy (non-hydrogen) atoms. The Balaban J connectivity index is 1.36. The molecule has 0 radical (unpaired) electrons. The predicted octanol–water partition coefficient (Wildman–Crippen LogP) is 3.20. The van der Waals surface area contributed by atoms with Crippen molar-refractivity contribution in [3.63, 3.8) is 0 Å². The van der Waals surface area contributed by atoms with Crippen LogP contribution in [0.3, 0.4) is 0 Å². The zero-order chi connectivity index (χ0) is 19.7. The third kappa shape index (κ3) is 4.00. The van der Waals surface area contributed by atoms with Gasteiger partial charge in [-0.3, -0.25) is 9.59 Å². The maximum atomic E-state index is 12.5. The van der Waals surface area contributed by atoms with Gasteiger partial charge in [0.15, 0.2) is 0 Å². The van der Waals surface area contributed by atoms with Gasteiger partial charge >= 0.3 is 0 Å². The van der Waals surface area contributed by atoms with Gasteiger partial charge in [-0.15, -0.1) is 23.1 Å². The molecular weight excluding hydrogens is 394 g/mol. The molecule has 0 bridgehead atoms. The predicted molar refractivity (Wildman–Crippen MR) is 114 cm³/mol. The second kappa shape index (κ2) is 8.08. The fourth-order valence-corrected chi connectivity index (χ4v) is 5.44. The Bertz CT molecular complexity index is 1070. The van der Waals surface area contributed by atoms with Gasteiger partial charge < -0.3 is 10.3 Å². The standard InChI is InChI=1S/C19H23N5O2S2/c1-11(2)8-24-15(6-7-20-24)23-16(25)10-27-9-14-21-18(26)17-12-4-3-5-13(12)28-19(17)22-14/h6-7,11H,3-5,8-10H2,1-2H3,(H,23,25)(H,21,22,26). The van der Waals surface area contributed by atoms with Crippen LogP contribution in [-0.2, 0) is 29.9 Å². The SMILES string of the molecule is CC(C)Cn1nccc1NC(=O)CSCc1nc2sc3c(c2c(=O)[nH]1)CCC3. The number of hydrogen-bond donors (Lipinski definition) is 2. The minimum Gasteiger partial charge on any atom is -0.310 e. The highest BCUT2D eigenvalue weighted by atomic mass is 32.2.